The number of aromatic nitrogens is 3. The van der Waals surface area contributed by atoms with Crippen molar-refractivity contribution in [3.8, 4) is 10.6 Å². The van der Waals surface area contributed by atoms with E-state index in [1.54, 1.807) is 16.5 Å². The molecule has 2 aromatic heterocycles. The summed E-state index contributed by atoms with van der Waals surface area (Å²) < 4.78 is 0. The highest BCUT2D eigenvalue weighted by molar-refractivity contribution is 7.13. The molecule has 0 atom stereocenters. The molecular formula is C16H13N5OS. The highest BCUT2D eigenvalue weighted by atomic mass is 32.1. The number of thiazole rings is 1. The molecule has 6 nitrogen and oxygen atoms in total. The van der Waals surface area contributed by atoms with Crippen molar-refractivity contribution in [2.24, 2.45) is 0 Å². The second-order valence-corrected chi connectivity index (χ2v) is 6.12. The van der Waals surface area contributed by atoms with Gasteiger partial charge in [0.2, 0.25) is 5.95 Å². The molecule has 0 radical (unpaired) electrons. The Hall–Kier alpha value is -2.80. The SMILES string of the molecule is Nc1ncc2c(n1)CN(C(=O)c1csc(-c3ccccc3)n1)C2. The summed E-state index contributed by atoms with van der Waals surface area (Å²) in [5.74, 6) is 0.137. The lowest BCUT2D eigenvalue weighted by atomic mass is 10.2. The molecular weight excluding hydrogens is 310 g/mol. The number of hydrogen-bond acceptors (Lipinski definition) is 6. The average Bonchev–Trinajstić information content (AvgIpc) is 3.21. The van der Waals surface area contributed by atoms with Crippen LogP contribution >= 0.6 is 11.3 Å². The standard InChI is InChI=1S/C16H13N5OS/c17-16-18-6-11-7-21(8-12(11)20-16)15(22)13-9-23-14(19-13)10-4-2-1-3-5-10/h1-6,9H,7-8H2,(H2,17,18,20). The molecule has 114 valence electrons. The molecule has 0 saturated heterocycles. The van der Waals surface area contributed by atoms with Gasteiger partial charge in [-0.3, -0.25) is 4.79 Å². The van der Waals surface area contributed by atoms with Crippen LogP contribution in [0.1, 0.15) is 21.7 Å². The Bertz CT molecular complexity index is 877. The highest BCUT2D eigenvalue weighted by Crippen LogP contribution is 2.26. The van der Waals surface area contributed by atoms with Gasteiger partial charge in [0.1, 0.15) is 10.7 Å². The first kappa shape index (κ1) is 13.8. The Labute approximate surface area is 136 Å². The summed E-state index contributed by atoms with van der Waals surface area (Å²) >= 11 is 1.47. The van der Waals surface area contributed by atoms with E-state index in [2.05, 4.69) is 15.0 Å². The van der Waals surface area contributed by atoms with Gasteiger partial charge in [-0.05, 0) is 0 Å². The van der Waals surface area contributed by atoms with E-state index in [1.165, 1.54) is 11.3 Å². The Morgan fingerprint density at radius 3 is 2.83 bits per heavy atom. The third kappa shape index (κ3) is 2.55. The van der Waals surface area contributed by atoms with Crippen molar-refractivity contribution in [2.45, 2.75) is 13.1 Å². The molecule has 1 amide bonds. The lowest BCUT2D eigenvalue weighted by Gasteiger charge is -2.12. The first-order valence-electron chi connectivity index (χ1n) is 7.11. The number of rotatable bonds is 2. The molecule has 0 unspecified atom stereocenters. The second kappa shape index (κ2) is 5.44. The van der Waals surface area contributed by atoms with Gasteiger partial charge in [-0.25, -0.2) is 15.0 Å². The van der Waals surface area contributed by atoms with Crippen molar-refractivity contribution >= 4 is 23.2 Å². The molecule has 3 heterocycles. The van der Waals surface area contributed by atoms with Crippen LogP contribution in [-0.4, -0.2) is 25.8 Å². The summed E-state index contributed by atoms with van der Waals surface area (Å²) in [7, 11) is 0. The zero-order valence-corrected chi connectivity index (χ0v) is 13.0. The van der Waals surface area contributed by atoms with Crippen molar-refractivity contribution in [1.82, 2.24) is 19.9 Å². The zero-order valence-electron chi connectivity index (χ0n) is 12.1. The molecule has 0 fully saturated rings. The lowest BCUT2D eigenvalue weighted by Crippen LogP contribution is -2.25. The molecule has 0 bridgehead atoms. The van der Waals surface area contributed by atoms with E-state index in [4.69, 9.17) is 5.73 Å². The number of nitrogen functional groups attached to an aromatic ring is 1. The lowest BCUT2D eigenvalue weighted by molar-refractivity contribution is 0.0745. The molecule has 0 aliphatic carbocycles. The smallest absolute Gasteiger partial charge is 0.274 e. The van der Waals surface area contributed by atoms with Gasteiger partial charge in [-0.15, -0.1) is 11.3 Å². The maximum absolute atomic E-state index is 12.6. The normalized spacial score (nSPS) is 13.1. The minimum absolute atomic E-state index is 0.0972. The van der Waals surface area contributed by atoms with Gasteiger partial charge in [-0.2, -0.15) is 0 Å². The molecule has 7 heteroatoms. The molecule has 1 aliphatic rings. The van der Waals surface area contributed by atoms with Crippen molar-refractivity contribution in [2.75, 3.05) is 5.73 Å². The van der Waals surface area contributed by atoms with Gasteiger partial charge in [-0.1, -0.05) is 30.3 Å². The van der Waals surface area contributed by atoms with Crippen molar-refractivity contribution in [3.05, 3.63) is 58.9 Å². The summed E-state index contributed by atoms with van der Waals surface area (Å²) in [4.78, 5) is 27.0. The van der Waals surface area contributed by atoms with Crippen LogP contribution in [0.5, 0.6) is 0 Å². The number of hydrogen-bond donors (Lipinski definition) is 1. The number of fused-ring (bicyclic) bond motifs is 1. The number of nitrogens with two attached hydrogens (primary N) is 1. The van der Waals surface area contributed by atoms with Crippen molar-refractivity contribution < 1.29 is 4.79 Å². The molecule has 0 saturated carbocycles. The fourth-order valence-corrected chi connectivity index (χ4v) is 3.36. The Morgan fingerprint density at radius 2 is 2.00 bits per heavy atom. The maximum Gasteiger partial charge on any atom is 0.274 e. The maximum atomic E-state index is 12.6. The predicted octanol–water partition coefficient (Wildman–Crippen LogP) is 2.34. The summed E-state index contributed by atoms with van der Waals surface area (Å²) in [6.45, 7) is 0.936. The third-order valence-corrected chi connectivity index (χ3v) is 4.60. The number of amides is 1. The topological polar surface area (TPSA) is 85.0 Å². The summed E-state index contributed by atoms with van der Waals surface area (Å²) in [5.41, 5.74) is 8.82. The summed E-state index contributed by atoms with van der Waals surface area (Å²) in [6, 6.07) is 9.84. The van der Waals surface area contributed by atoms with Crippen LogP contribution in [0, 0.1) is 0 Å². The van der Waals surface area contributed by atoms with E-state index in [9.17, 15) is 4.79 Å². The number of carbonyl (C=O) groups is 1. The highest BCUT2D eigenvalue weighted by Gasteiger charge is 2.27. The van der Waals surface area contributed by atoms with Gasteiger partial charge >= 0.3 is 0 Å². The molecule has 4 rings (SSSR count). The minimum atomic E-state index is -0.0972. The summed E-state index contributed by atoms with van der Waals surface area (Å²) in [5, 5.41) is 2.64. The summed E-state index contributed by atoms with van der Waals surface area (Å²) in [6.07, 6.45) is 1.68. The average molecular weight is 323 g/mol. The van der Waals surface area contributed by atoms with E-state index in [0.29, 0.717) is 18.8 Å². The molecule has 3 aromatic rings. The Balaban J connectivity index is 1.56. The zero-order chi connectivity index (χ0) is 15.8. The quantitative estimate of drug-likeness (QED) is 0.782. The first-order valence-corrected chi connectivity index (χ1v) is 7.99. The van der Waals surface area contributed by atoms with Crippen LogP contribution in [0.25, 0.3) is 10.6 Å². The fraction of sp³-hybridized carbons (Fsp3) is 0.125. The van der Waals surface area contributed by atoms with E-state index in [1.807, 2.05) is 30.3 Å². The van der Waals surface area contributed by atoms with E-state index >= 15 is 0 Å². The van der Waals surface area contributed by atoms with Crippen LogP contribution in [0.3, 0.4) is 0 Å². The van der Waals surface area contributed by atoms with Crippen molar-refractivity contribution in [3.63, 3.8) is 0 Å². The van der Waals surface area contributed by atoms with Crippen LogP contribution in [0.4, 0.5) is 5.95 Å². The van der Waals surface area contributed by atoms with Crippen LogP contribution in [0.15, 0.2) is 41.9 Å². The molecule has 1 aromatic carbocycles. The number of nitrogens with zero attached hydrogens (tertiary/aromatic N) is 4. The second-order valence-electron chi connectivity index (χ2n) is 5.27. The van der Waals surface area contributed by atoms with E-state index < -0.39 is 0 Å². The van der Waals surface area contributed by atoms with Gasteiger partial charge in [0.05, 0.1) is 12.2 Å². The first-order chi connectivity index (χ1) is 11.2. The molecule has 2 N–H and O–H groups in total. The molecule has 23 heavy (non-hydrogen) atoms. The van der Waals surface area contributed by atoms with Crippen molar-refractivity contribution in [1.29, 1.82) is 0 Å². The number of benzene rings is 1. The number of carbonyl (C=O) groups excluding carboxylic acids is 1. The van der Waals surface area contributed by atoms with Crippen LogP contribution in [-0.2, 0) is 13.1 Å². The Morgan fingerprint density at radius 1 is 1.17 bits per heavy atom. The van der Waals surface area contributed by atoms with Gasteiger partial charge in [0.15, 0.2) is 0 Å². The Kier molecular flexibility index (Phi) is 3.27. The predicted molar refractivity (Wildman–Crippen MR) is 87.6 cm³/mol. The van der Waals surface area contributed by atoms with E-state index in [0.717, 1.165) is 21.8 Å². The largest absolute Gasteiger partial charge is 0.368 e. The molecule has 1 aliphatic heterocycles. The van der Waals surface area contributed by atoms with Crippen LogP contribution in [0.2, 0.25) is 0 Å². The monoisotopic (exact) mass is 323 g/mol. The van der Waals surface area contributed by atoms with Gasteiger partial charge in [0.25, 0.3) is 5.91 Å². The van der Waals surface area contributed by atoms with E-state index in [-0.39, 0.29) is 11.9 Å². The minimum Gasteiger partial charge on any atom is -0.368 e. The van der Waals surface area contributed by atoms with Crippen LogP contribution < -0.4 is 5.73 Å². The fourth-order valence-electron chi connectivity index (χ4n) is 2.56. The van der Waals surface area contributed by atoms with Gasteiger partial charge in [0, 0.05) is 29.2 Å². The number of anilines is 1. The molecule has 0 spiro atoms. The third-order valence-electron chi connectivity index (χ3n) is 3.71. The van der Waals surface area contributed by atoms with Gasteiger partial charge < -0.3 is 10.6 Å².